The zero-order chi connectivity index (χ0) is 53.4. The van der Waals surface area contributed by atoms with Crippen molar-refractivity contribution in [1.29, 1.82) is 0 Å². The molecule has 0 aliphatic heterocycles. The second kappa shape index (κ2) is 64.6. The van der Waals surface area contributed by atoms with Crippen LogP contribution in [0.5, 0.6) is 0 Å². The summed E-state index contributed by atoms with van der Waals surface area (Å²) in [6, 6.07) is -0.542. The third kappa shape index (κ3) is 60.2. The van der Waals surface area contributed by atoms with Gasteiger partial charge >= 0.3 is 0 Å². The normalized spacial score (nSPS) is 13.4. The van der Waals surface area contributed by atoms with Gasteiger partial charge in [-0.3, -0.25) is 4.79 Å². The number of aliphatic hydroxyl groups excluding tert-OH is 2. The average Bonchev–Trinajstić information content (AvgIpc) is 3.40. The van der Waals surface area contributed by atoms with Gasteiger partial charge in [0.25, 0.3) is 0 Å². The van der Waals surface area contributed by atoms with Crippen molar-refractivity contribution >= 4 is 5.91 Å². The van der Waals surface area contributed by atoms with E-state index in [1.54, 1.807) is 0 Å². The standard InChI is InChI=1S/C70H125NO3/c1-3-5-7-9-11-13-15-17-19-21-23-25-27-28-29-30-31-32-33-34-35-36-37-38-39-40-41-42-44-46-48-50-52-54-56-58-60-62-64-66-70(74)71-68(67-72)69(73)65-63-61-59-57-55-53-51-49-47-45-43-26-24-22-20-18-16-14-12-10-8-6-4-2/h5,7,11,13,17,19,23,25,28-29,31-32,34-35,37-38,68-69,72-73H,3-4,6,8-10,12,14-16,18,20-22,24,26-27,30,33,36,39-67H2,1-2H3,(H,71,74)/b7-5-,13-11-,19-17-,25-23-,29-28-,32-31-,35-34-,38-37-. The summed E-state index contributed by atoms with van der Waals surface area (Å²) in [6.45, 7) is 4.27. The van der Waals surface area contributed by atoms with Gasteiger partial charge in [0.2, 0.25) is 5.91 Å². The molecule has 3 N–H and O–H groups in total. The molecule has 4 nitrogen and oxygen atoms in total. The SMILES string of the molecule is CC/C=C\C/C=C\C/C=C\C/C=C\C/C=C\C/C=C\C/C=C\C/C=C\CCCCCCCCCCCCCCCCC(=O)NC(CO)C(O)CCCCCCCCCCCCCCCCCCCCCCCCC. The summed E-state index contributed by atoms with van der Waals surface area (Å²) in [7, 11) is 0. The minimum absolute atomic E-state index is 0.0309. The van der Waals surface area contributed by atoms with Crippen molar-refractivity contribution in [3.8, 4) is 0 Å². The lowest BCUT2D eigenvalue weighted by Crippen LogP contribution is -2.45. The number of allylic oxidation sites excluding steroid dienone is 16. The minimum atomic E-state index is -0.665. The van der Waals surface area contributed by atoms with Crippen LogP contribution in [-0.2, 0) is 4.79 Å². The van der Waals surface area contributed by atoms with E-state index in [1.165, 1.54) is 218 Å². The van der Waals surface area contributed by atoms with Crippen LogP contribution >= 0.6 is 0 Å². The number of hydrogen-bond acceptors (Lipinski definition) is 3. The fraction of sp³-hybridized carbons (Fsp3) is 0.757. The molecule has 0 aliphatic rings. The van der Waals surface area contributed by atoms with Gasteiger partial charge in [-0.2, -0.15) is 0 Å². The van der Waals surface area contributed by atoms with Crippen LogP contribution in [0.25, 0.3) is 0 Å². The molecule has 0 bridgehead atoms. The molecule has 0 radical (unpaired) electrons. The smallest absolute Gasteiger partial charge is 0.220 e. The summed E-state index contributed by atoms with van der Waals surface area (Å²) in [5, 5.41) is 23.4. The molecular weight excluding hydrogens is 903 g/mol. The molecular formula is C70H125NO3. The highest BCUT2D eigenvalue weighted by molar-refractivity contribution is 5.76. The van der Waals surface area contributed by atoms with Crippen LogP contribution in [0.3, 0.4) is 0 Å². The van der Waals surface area contributed by atoms with E-state index < -0.39 is 12.1 Å². The Morgan fingerprint density at radius 2 is 0.595 bits per heavy atom. The first-order valence-electron chi connectivity index (χ1n) is 32.4. The quantitative estimate of drug-likeness (QED) is 0.0420. The molecule has 0 saturated heterocycles. The van der Waals surface area contributed by atoms with Gasteiger partial charge in [-0.15, -0.1) is 0 Å². The van der Waals surface area contributed by atoms with E-state index in [0.717, 1.165) is 77.0 Å². The monoisotopic (exact) mass is 1030 g/mol. The molecule has 2 atom stereocenters. The third-order valence-electron chi connectivity index (χ3n) is 14.6. The van der Waals surface area contributed by atoms with Gasteiger partial charge in [0, 0.05) is 6.42 Å². The molecule has 0 aromatic rings. The summed E-state index contributed by atoms with van der Waals surface area (Å²) in [4.78, 5) is 12.5. The Kier molecular flexibility index (Phi) is 62.2. The van der Waals surface area contributed by atoms with E-state index in [9.17, 15) is 15.0 Å². The second-order valence-corrected chi connectivity index (χ2v) is 21.8. The van der Waals surface area contributed by atoms with Crippen LogP contribution in [0.2, 0.25) is 0 Å². The zero-order valence-corrected chi connectivity index (χ0v) is 49.3. The molecule has 1 amide bonds. The van der Waals surface area contributed by atoms with E-state index >= 15 is 0 Å². The fourth-order valence-corrected chi connectivity index (χ4v) is 9.73. The average molecular weight is 1030 g/mol. The molecule has 0 aliphatic carbocycles. The summed E-state index contributed by atoms with van der Waals surface area (Å²) in [6.07, 6.45) is 95.7. The third-order valence-corrected chi connectivity index (χ3v) is 14.6. The van der Waals surface area contributed by atoms with Crippen molar-refractivity contribution in [3.05, 3.63) is 97.2 Å². The Hall–Kier alpha value is -2.69. The van der Waals surface area contributed by atoms with Crippen molar-refractivity contribution in [1.82, 2.24) is 5.32 Å². The number of aliphatic hydroxyl groups is 2. The van der Waals surface area contributed by atoms with E-state index in [-0.39, 0.29) is 12.5 Å². The van der Waals surface area contributed by atoms with Crippen LogP contribution in [0.4, 0.5) is 0 Å². The summed E-state index contributed by atoms with van der Waals surface area (Å²) < 4.78 is 0. The van der Waals surface area contributed by atoms with Gasteiger partial charge in [-0.05, 0) is 77.0 Å². The Morgan fingerprint density at radius 3 is 0.892 bits per heavy atom. The van der Waals surface area contributed by atoms with Gasteiger partial charge in [0.05, 0.1) is 18.8 Å². The first-order valence-corrected chi connectivity index (χ1v) is 32.4. The zero-order valence-electron chi connectivity index (χ0n) is 49.3. The van der Waals surface area contributed by atoms with E-state index in [0.29, 0.717) is 12.8 Å². The Bertz CT molecular complexity index is 1350. The molecule has 0 fully saturated rings. The molecule has 74 heavy (non-hydrogen) atoms. The topological polar surface area (TPSA) is 69.6 Å². The van der Waals surface area contributed by atoms with Crippen molar-refractivity contribution in [2.24, 2.45) is 0 Å². The number of carbonyl (C=O) groups excluding carboxylic acids is 1. The van der Waals surface area contributed by atoms with Gasteiger partial charge < -0.3 is 15.5 Å². The maximum Gasteiger partial charge on any atom is 0.220 e. The fourth-order valence-electron chi connectivity index (χ4n) is 9.73. The number of hydrogen-bond donors (Lipinski definition) is 3. The minimum Gasteiger partial charge on any atom is -0.394 e. The number of nitrogens with one attached hydrogen (secondary N) is 1. The van der Waals surface area contributed by atoms with E-state index in [4.69, 9.17) is 0 Å². The molecule has 0 spiro atoms. The highest BCUT2D eigenvalue weighted by Gasteiger charge is 2.20. The summed E-state index contributed by atoms with van der Waals surface area (Å²) >= 11 is 0. The van der Waals surface area contributed by atoms with Crippen molar-refractivity contribution < 1.29 is 15.0 Å². The number of unbranched alkanes of at least 4 members (excludes halogenated alkanes) is 36. The lowest BCUT2D eigenvalue weighted by molar-refractivity contribution is -0.123. The van der Waals surface area contributed by atoms with Crippen LogP contribution in [0.1, 0.15) is 322 Å². The number of amides is 1. The molecule has 428 valence electrons. The predicted octanol–water partition coefficient (Wildman–Crippen LogP) is 22.0. The van der Waals surface area contributed by atoms with Crippen molar-refractivity contribution in [3.63, 3.8) is 0 Å². The summed E-state index contributed by atoms with van der Waals surface area (Å²) in [5.41, 5.74) is 0. The molecule has 4 heteroatoms. The van der Waals surface area contributed by atoms with Crippen molar-refractivity contribution in [2.45, 2.75) is 334 Å². The Labute approximate surface area is 462 Å². The first-order chi connectivity index (χ1) is 36.7. The maximum atomic E-state index is 12.5. The number of carbonyl (C=O) groups is 1. The lowest BCUT2D eigenvalue weighted by atomic mass is 10.0. The van der Waals surface area contributed by atoms with E-state index in [2.05, 4.69) is 116 Å². The van der Waals surface area contributed by atoms with Crippen molar-refractivity contribution in [2.75, 3.05) is 6.61 Å². The molecule has 0 aromatic heterocycles. The largest absolute Gasteiger partial charge is 0.394 e. The van der Waals surface area contributed by atoms with Gasteiger partial charge in [0.15, 0.2) is 0 Å². The highest BCUT2D eigenvalue weighted by Crippen LogP contribution is 2.18. The van der Waals surface area contributed by atoms with Crippen LogP contribution in [-0.4, -0.2) is 34.9 Å². The maximum absolute atomic E-state index is 12.5. The summed E-state index contributed by atoms with van der Waals surface area (Å²) in [5.74, 6) is -0.0309. The molecule has 2 unspecified atom stereocenters. The van der Waals surface area contributed by atoms with Crippen LogP contribution in [0.15, 0.2) is 97.2 Å². The Balaban J connectivity index is 3.49. The second-order valence-electron chi connectivity index (χ2n) is 21.8. The first kappa shape index (κ1) is 71.3. The van der Waals surface area contributed by atoms with Gasteiger partial charge in [0.1, 0.15) is 0 Å². The number of rotatable bonds is 59. The van der Waals surface area contributed by atoms with Crippen LogP contribution < -0.4 is 5.32 Å². The molecule has 0 saturated carbocycles. The predicted molar refractivity (Wildman–Crippen MR) is 331 cm³/mol. The molecule has 0 rings (SSSR count). The van der Waals surface area contributed by atoms with Gasteiger partial charge in [-0.1, -0.05) is 336 Å². The highest BCUT2D eigenvalue weighted by atomic mass is 16.3. The van der Waals surface area contributed by atoms with Crippen LogP contribution in [0, 0.1) is 0 Å². The lowest BCUT2D eigenvalue weighted by Gasteiger charge is -2.22. The van der Waals surface area contributed by atoms with E-state index in [1.807, 2.05) is 0 Å². The molecule has 0 heterocycles. The van der Waals surface area contributed by atoms with Gasteiger partial charge in [-0.25, -0.2) is 0 Å². The molecule has 0 aromatic carbocycles. The Morgan fingerprint density at radius 1 is 0.338 bits per heavy atom.